The van der Waals surface area contributed by atoms with E-state index in [1.165, 1.54) is 11.8 Å². The third-order valence-corrected chi connectivity index (χ3v) is 5.94. The zero-order chi connectivity index (χ0) is 21.8. The van der Waals surface area contributed by atoms with Crippen LogP contribution in [0.4, 0.5) is 5.69 Å². The molecule has 1 aromatic heterocycles. The van der Waals surface area contributed by atoms with Gasteiger partial charge in [0.05, 0.1) is 16.5 Å². The molecule has 31 heavy (non-hydrogen) atoms. The van der Waals surface area contributed by atoms with E-state index < -0.39 is 0 Å². The number of nitrogens with one attached hydrogen (secondary N) is 1. The van der Waals surface area contributed by atoms with Crippen molar-refractivity contribution in [1.29, 1.82) is 0 Å². The average Bonchev–Trinajstić information content (AvgIpc) is 3.19. The van der Waals surface area contributed by atoms with Gasteiger partial charge >= 0.3 is 0 Å². The Hall–Kier alpha value is -2.80. The van der Waals surface area contributed by atoms with Gasteiger partial charge in [0, 0.05) is 16.3 Å². The molecule has 8 heteroatoms. The fraction of sp³-hybridized carbons (Fsp3) is 0.0870. The highest BCUT2D eigenvalue weighted by atomic mass is 35.5. The van der Waals surface area contributed by atoms with Crippen molar-refractivity contribution >= 4 is 46.6 Å². The predicted octanol–water partition coefficient (Wildman–Crippen LogP) is 6.28. The number of carbonyl (C=O) groups excluding carboxylic acids is 1. The summed E-state index contributed by atoms with van der Waals surface area (Å²) in [5, 5.41) is 13.1. The number of rotatable bonds is 6. The molecule has 1 heterocycles. The second kappa shape index (κ2) is 9.56. The highest BCUT2D eigenvalue weighted by molar-refractivity contribution is 7.99. The van der Waals surface area contributed by atoms with Gasteiger partial charge in [-0.15, -0.1) is 10.2 Å². The van der Waals surface area contributed by atoms with Crippen LogP contribution in [-0.4, -0.2) is 26.4 Å². The summed E-state index contributed by atoms with van der Waals surface area (Å²) in [6.45, 7) is 2.04. The topological polar surface area (TPSA) is 59.8 Å². The molecule has 3 aromatic carbocycles. The number of aromatic nitrogens is 3. The van der Waals surface area contributed by atoms with Gasteiger partial charge < -0.3 is 5.32 Å². The van der Waals surface area contributed by atoms with Crippen molar-refractivity contribution in [1.82, 2.24) is 14.8 Å². The Morgan fingerprint density at radius 2 is 1.81 bits per heavy atom. The molecule has 0 spiro atoms. The smallest absolute Gasteiger partial charge is 0.234 e. The van der Waals surface area contributed by atoms with Crippen LogP contribution < -0.4 is 5.32 Å². The van der Waals surface area contributed by atoms with Crippen molar-refractivity contribution in [2.75, 3.05) is 11.1 Å². The number of anilines is 1. The lowest BCUT2D eigenvalue weighted by Crippen LogP contribution is -2.15. The standard InChI is InChI=1S/C23H18Cl2N4OS/c1-15-6-5-7-16(12-15)22-27-28-23(29(22)18-8-3-2-4-9-18)31-14-21(30)26-20-11-10-17(24)13-19(20)25/h2-13H,14H2,1H3,(H,26,30). The maximum Gasteiger partial charge on any atom is 0.234 e. The Morgan fingerprint density at radius 1 is 1.00 bits per heavy atom. The largest absolute Gasteiger partial charge is 0.324 e. The molecular weight excluding hydrogens is 451 g/mol. The van der Waals surface area contributed by atoms with Crippen molar-refractivity contribution in [3.8, 4) is 17.1 Å². The highest BCUT2D eigenvalue weighted by Crippen LogP contribution is 2.29. The molecule has 0 saturated carbocycles. The van der Waals surface area contributed by atoms with Crippen LogP contribution in [0.2, 0.25) is 10.0 Å². The van der Waals surface area contributed by atoms with Gasteiger partial charge in [0.25, 0.3) is 0 Å². The highest BCUT2D eigenvalue weighted by Gasteiger charge is 2.17. The van der Waals surface area contributed by atoms with Crippen molar-refractivity contribution in [2.45, 2.75) is 12.1 Å². The molecule has 0 atom stereocenters. The normalized spacial score (nSPS) is 10.8. The molecule has 0 unspecified atom stereocenters. The monoisotopic (exact) mass is 468 g/mol. The van der Waals surface area contributed by atoms with Gasteiger partial charge in [0.15, 0.2) is 11.0 Å². The zero-order valence-corrected chi connectivity index (χ0v) is 18.9. The Kier molecular flexibility index (Phi) is 6.61. The lowest BCUT2D eigenvalue weighted by Gasteiger charge is -2.11. The summed E-state index contributed by atoms with van der Waals surface area (Å²) in [6, 6.07) is 22.9. The van der Waals surface area contributed by atoms with Crippen molar-refractivity contribution in [3.05, 3.63) is 88.4 Å². The third-order valence-electron chi connectivity index (χ3n) is 4.46. The number of amides is 1. The average molecular weight is 469 g/mol. The van der Waals surface area contributed by atoms with Gasteiger partial charge in [-0.1, -0.05) is 76.9 Å². The van der Waals surface area contributed by atoms with E-state index in [1.807, 2.05) is 60.0 Å². The first-order valence-electron chi connectivity index (χ1n) is 9.47. The van der Waals surface area contributed by atoms with Crippen LogP contribution in [-0.2, 0) is 4.79 Å². The first kappa shape index (κ1) is 21.4. The van der Waals surface area contributed by atoms with Crippen molar-refractivity contribution in [2.24, 2.45) is 0 Å². The van der Waals surface area contributed by atoms with Gasteiger partial charge in [-0.2, -0.15) is 0 Å². The summed E-state index contributed by atoms with van der Waals surface area (Å²) in [6.07, 6.45) is 0. The van der Waals surface area contributed by atoms with E-state index in [-0.39, 0.29) is 11.7 Å². The Balaban J connectivity index is 1.59. The molecule has 0 aliphatic carbocycles. The molecule has 156 valence electrons. The molecule has 0 aliphatic rings. The van der Waals surface area contributed by atoms with E-state index in [0.29, 0.717) is 20.9 Å². The summed E-state index contributed by atoms with van der Waals surface area (Å²) in [7, 11) is 0. The van der Waals surface area contributed by atoms with Crippen molar-refractivity contribution in [3.63, 3.8) is 0 Å². The SMILES string of the molecule is Cc1cccc(-c2nnc(SCC(=O)Nc3ccc(Cl)cc3Cl)n2-c2ccccc2)c1. The molecule has 5 nitrogen and oxygen atoms in total. The Morgan fingerprint density at radius 3 is 2.55 bits per heavy atom. The molecule has 4 aromatic rings. The van der Waals surface area contributed by atoms with Gasteiger partial charge in [0.1, 0.15) is 0 Å². The van der Waals surface area contributed by atoms with Crippen LogP contribution in [0.1, 0.15) is 5.56 Å². The summed E-state index contributed by atoms with van der Waals surface area (Å²) < 4.78 is 1.96. The minimum atomic E-state index is -0.200. The number of para-hydroxylation sites is 1. The zero-order valence-electron chi connectivity index (χ0n) is 16.5. The first-order chi connectivity index (χ1) is 15.0. The molecule has 0 bridgehead atoms. The van der Waals surface area contributed by atoms with Gasteiger partial charge in [-0.25, -0.2) is 0 Å². The molecule has 0 aliphatic heterocycles. The number of halogens is 2. The molecule has 4 rings (SSSR count). The predicted molar refractivity (Wildman–Crippen MR) is 127 cm³/mol. The molecule has 0 fully saturated rings. The number of hydrogen-bond acceptors (Lipinski definition) is 4. The summed E-state index contributed by atoms with van der Waals surface area (Å²) in [5.41, 5.74) is 3.53. The fourth-order valence-corrected chi connectivity index (χ4v) is 4.26. The van der Waals surface area contributed by atoms with Crippen LogP contribution in [0.25, 0.3) is 17.1 Å². The lowest BCUT2D eigenvalue weighted by atomic mass is 10.1. The number of thioether (sulfide) groups is 1. The van der Waals surface area contributed by atoms with E-state index in [1.54, 1.807) is 18.2 Å². The second-order valence-electron chi connectivity index (χ2n) is 6.81. The Labute approximate surface area is 194 Å². The maximum atomic E-state index is 12.5. The van der Waals surface area contributed by atoms with Crippen LogP contribution >= 0.6 is 35.0 Å². The van der Waals surface area contributed by atoms with Gasteiger partial charge in [-0.05, 0) is 43.3 Å². The Bertz CT molecular complexity index is 1230. The molecule has 1 N–H and O–H groups in total. The van der Waals surface area contributed by atoms with E-state index >= 15 is 0 Å². The number of hydrogen-bond donors (Lipinski definition) is 1. The lowest BCUT2D eigenvalue weighted by molar-refractivity contribution is -0.113. The molecule has 0 saturated heterocycles. The number of aryl methyl sites for hydroxylation is 1. The van der Waals surface area contributed by atoms with E-state index in [9.17, 15) is 4.79 Å². The maximum absolute atomic E-state index is 12.5. The van der Waals surface area contributed by atoms with Gasteiger partial charge in [0.2, 0.25) is 5.91 Å². The number of carbonyl (C=O) groups is 1. The number of benzene rings is 3. The van der Waals surface area contributed by atoms with Crippen LogP contribution in [0, 0.1) is 6.92 Å². The fourth-order valence-electron chi connectivity index (χ4n) is 3.05. The minimum Gasteiger partial charge on any atom is -0.324 e. The van der Waals surface area contributed by atoms with Crippen molar-refractivity contribution < 1.29 is 4.79 Å². The van der Waals surface area contributed by atoms with E-state index in [0.717, 1.165) is 22.6 Å². The van der Waals surface area contributed by atoms with Crippen LogP contribution in [0.5, 0.6) is 0 Å². The molecule has 1 amide bonds. The first-order valence-corrected chi connectivity index (χ1v) is 11.2. The van der Waals surface area contributed by atoms with E-state index in [2.05, 4.69) is 21.6 Å². The summed E-state index contributed by atoms with van der Waals surface area (Å²) in [4.78, 5) is 12.5. The molecule has 0 radical (unpaired) electrons. The third kappa shape index (κ3) is 5.10. The van der Waals surface area contributed by atoms with Gasteiger partial charge in [-0.3, -0.25) is 9.36 Å². The summed E-state index contributed by atoms with van der Waals surface area (Å²) in [5.74, 6) is 0.671. The van der Waals surface area contributed by atoms with Crippen LogP contribution in [0.15, 0.2) is 78.0 Å². The van der Waals surface area contributed by atoms with E-state index in [4.69, 9.17) is 23.2 Å². The quantitative estimate of drug-likeness (QED) is 0.338. The minimum absolute atomic E-state index is 0.151. The number of nitrogens with zero attached hydrogens (tertiary/aromatic N) is 3. The molecular formula is C23H18Cl2N4OS. The summed E-state index contributed by atoms with van der Waals surface area (Å²) >= 11 is 13.4. The van der Waals surface area contributed by atoms with Crippen LogP contribution in [0.3, 0.4) is 0 Å². The second-order valence-corrected chi connectivity index (χ2v) is 8.59.